The van der Waals surface area contributed by atoms with Crippen LogP contribution in [0.2, 0.25) is 0 Å². The van der Waals surface area contributed by atoms with E-state index in [2.05, 4.69) is 0 Å². The van der Waals surface area contributed by atoms with Gasteiger partial charge >= 0.3 is 6.18 Å². The highest BCUT2D eigenvalue weighted by Crippen LogP contribution is 2.28. The number of hydrogen-bond acceptors (Lipinski definition) is 0. The molecule has 0 spiro atoms. The summed E-state index contributed by atoms with van der Waals surface area (Å²) in [5.74, 6) is 0.289. The second-order valence-corrected chi connectivity index (χ2v) is 3.61. The molecule has 0 aliphatic rings. The van der Waals surface area contributed by atoms with E-state index < -0.39 is 11.7 Å². The standard InChI is InChI=1S/C11H17F3/c1-5-10(11(12,13)14)7-6-9(4)8(2)3/h6-8H,5H2,1-4H3/b9-6+,10-7+. The average molecular weight is 206 g/mol. The Labute approximate surface area is 83.5 Å². The molecule has 0 N–H and O–H groups in total. The molecule has 0 aliphatic carbocycles. The molecule has 0 fully saturated rings. The summed E-state index contributed by atoms with van der Waals surface area (Å²) in [6.45, 7) is 7.26. The predicted molar refractivity (Wildman–Crippen MR) is 53.0 cm³/mol. The largest absolute Gasteiger partial charge is 0.412 e. The zero-order chi connectivity index (χ0) is 11.4. The Balaban J connectivity index is 4.72. The van der Waals surface area contributed by atoms with Gasteiger partial charge < -0.3 is 0 Å². The molecule has 0 nitrogen and oxygen atoms in total. The van der Waals surface area contributed by atoms with Gasteiger partial charge in [0.05, 0.1) is 0 Å². The number of allylic oxidation sites excluding steroid dienone is 4. The van der Waals surface area contributed by atoms with Crippen molar-refractivity contribution in [3.63, 3.8) is 0 Å². The Bertz CT molecular complexity index is 231. The maximum absolute atomic E-state index is 12.3. The van der Waals surface area contributed by atoms with Crippen LogP contribution < -0.4 is 0 Å². The van der Waals surface area contributed by atoms with E-state index in [1.807, 2.05) is 20.8 Å². The number of hydrogen-bond donors (Lipinski definition) is 0. The van der Waals surface area contributed by atoms with Gasteiger partial charge in [-0.15, -0.1) is 0 Å². The molecule has 0 aromatic carbocycles. The van der Waals surface area contributed by atoms with Gasteiger partial charge in [-0.05, 0) is 19.3 Å². The van der Waals surface area contributed by atoms with Crippen LogP contribution in [0.25, 0.3) is 0 Å². The number of rotatable bonds is 3. The maximum Gasteiger partial charge on any atom is 0.412 e. The lowest BCUT2D eigenvalue weighted by molar-refractivity contribution is -0.0935. The highest BCUT2D eigenvalue weighted by atomic mass is 19.4. The first-order valence-corrected chi connectivity index (χ1v) is 4.73. The van der Waals surface area contributed by atoms with Crippen LogP contribution in [0.15, 0.2) is 23.3 Å². The van der Waals surface area contributed by atoms with Crippen molar-refractivity contribution >= 4 is 0 Å². The zero-order valence-electron chi connectivity index (χ0n) is 9.07. The van der Waals surface area contributed by atoms with E-state index in [0.29, 0.717) is 0 Å². The van der Waals surface area contributed by atoms with Crippen LogP contribution in [-0.2, 0) is 0 Å². The number of alkyl halides is 3. The monoisotopic (exact) mass is 206 g/mol. The summed E-state index contributed by atoms with van der Waals surface area (Å²) in [6, 6.07) is 0. The summed E-state index contributed by atoms with van der Waals surface area (Å²) in [5.41, 5.74) is 0.484. The van der Waals surface area contributed by atoms with E-state index in [9.17, 15) is 13.2 Å². The van der Waals surface area contributed by atoms with Crippen LogP contribution in [0, 0.1) is 5.92 Å². The minimum atomic E-state index is -4.19. The van der Waals surface area contributed by atoms with Gasteiger partial charge in [0.1, 0.15) is 0 Å². The molecule has 14 heavy (non-hydrogen) atoms. The summed E-state index contributed by atoms with van der Waals surface area (Å²) in [5, 5.41) is 0. The Hall–Kier alpha value is -0.730. The third-order valence-electron chi connectivity index (χ3n) is 2.20. The molecule has 0 atom stereocenters. The van der Waals surface area contributed by atoms with Crippen molar-refractivity contribution in [2.75, 3.05) is 0 Å². The second kappa shape index (κ2) is 5.23. The fraction of sp³-hybridized carbons (Fsp3) is 0.636. The fourth-order valence-corrected chi connectivity index (χ4v) is 0.837. The van der Waals surface area contributed by atoms with Crippen molar-refractivity contribution in [2.45, 2.75) is 40.3 Å². The lowest BCUT2D eigenvalue weighted by Gasteiger charge is -2.09. The third kappa shape index (κ3) is 4.49. The van der Waals surface area contributed by atoms with Crippen LogP contribution in [-0.4, -0.2) is 6.18 Å². The number of halogens is 3. The molecule has 0 unspecified atom stereocenters. The second-order valence-electron chi connectivity index (χ2n) is 3.61. The molecule has 0 saturated carbocycles. The highest BCUT2D eigenvalue weighted by molar-refractivity contribution is 5.20. The van der Waals surface area contributed by atoms with E-state index in [1.165, 1.54) is 13.0 Å². The van der Waals surface area contributed by atoms with Crippen molar-refractivity contribution < 1.29 is 13.2 Å². The minimum Gasteiger partial charge on any atom is -0.166 e. The molecular weight excluding hydrogens is 189 g/mol. The van der Waals surface area contributed by atoms with Gasteiger partial charge in [0.2, 0.25) is 0 Å². The normalized spacial score (nSPS) is 15.1. The molecule has 82 valence electrons. The van der Waals surface area contributed by atoms with Crippen molar-refractivity contribution in [3.05, 3.63) is 23.3 Å². The zero-order valence-corrected chi connectivity index (χ0v) is 9.07. The van der Waals surface area contributed by atoms with E-state index in [4.69, 9.17) is 0 Å². The lowest BCUT2D eigenvalue weighted by Crippen LogP contribution is -2.10. The summed E-state index contributed by atoms with van der Waals surface area (Å²) < 4.78 is 36.8. The summed E-state index contributed by atoms with van der Waals surface area (Å²) >= 11 is 0. The quantitative estimate of drug-likeness (QED) is 0.597. The molecule has 0 bridgehead atoms. The van der Waals surface area contributed by atoms with Gasteiger partial charge in [0.25, 0.3) is 0 Å². The van der Waals surface area contributed by atoms with Crippen molar-refractivity contribution in [2.24, 2.45) is 5.92 Å². The first-order chi connectivity index (χ1) is 6.29. The van der Waals surface area contributed by atoms with Gasteiger partial charge in [0, 0.05) is 5.57 Å². The van der Waals surface area contributed by atoms with Gasteiger partial charge in [-0.1, -0.05) is 38.5 Å². The molecule has 0 heterocycles. The summed E-state index contributed by atoms with van der Waals surface area (Å²) in [4.78, 5) is 0. The van der Waals surface area contributed by atoms with Crippen molar-refractivity contribution in [3.8, 4) is 0 Å². The van der Waals surface area contributed by atoms with Crippen LogP contribution >= 0.6 is 0 Å². The van der Waals surface area contributed by atoms with Crippen molar-refractivity contribution in [1.82, 2.24) is 0 Å². The Kier molecular flexibility index (Phi) is 4.95. The van der Waals surface area contributed by atoms with Crippen LogP contribution in [0.5, 0.6) is 0 Å². The summed E-state index contributed by atoms with van der Waals surface area (Å²) in [7, 11) is 0. The topological polar surface area (TPSA) is 0 Å². The first-order valence-electron chi connectivity index (χ1n) is 4.73. The van der Waals surface area contributed by atoms with Gasteiger partial charge in [0.15, 0.2) is 0 Å². The SMILES string of the molecule is CC/C(=C\C=C(/C)C(C)C)C(F)(F)F. The average Bonchev–Trinajstić information content (AvgIpc) is 2.02. The first kappa shape index (κ1) is 13.3. The third-order valence-corrected chi connectivity index (χ3v) is 2.20. The molecule has 0 aromatic rings. The Morgan fingerprint density at radius 2 is 1.71 bits per heavy atom. The molecule has 0 aliphatic heterocycles. The smallest absolute Gasteiger partial charge is 0.166 e. The van der Waals surface area contributed by atoms with E-state index in [1.54, 1.807) is 6.08 Å². The molecular formula is C11H17F3. The van der Waals surface area contributed by atoms with Gasteiger partial charge in [-0.3, -0.25) is 0 Å². The van der Waals surface area contributed by atoms with Crippen molar-refractivity contribution in [1.29, 1.82) is 0 Å². The van der Waals surface area contributed by atoms with E-state index >= 15 is 0 Å². The minimum absolute atomic E-state index is 0.0192. The lowest BCUT2D eigenvalue weighted by atomic mass is 10.0. The van der Waals surface area contributed by atoms with E-state index in [-0.39, 0.29) is 12.3 Å². The predicted octanol–water partition coefficient (Wildman–Crippen LogP) is 4.49. The molecule has 0 saturated heterocycles. The van der Waals surface area contributed by atoms with Gasteiger partial charge in [-0.2, -0.15) is 13.2 Å². The Morgan fingerprint density at radius 3 is 2.00 bits per heavy atom. The molecule has 0 amide bonds. The molecule has 0 radical (unpaired) electrons. The fourth-order valence-electron chi connectivity index (χ4n) is 0.837. The Morgan fingerprint density at radius 1 is 1.21 bits per heavy atom. The highest BCUT2D eigenvalue weighted by Gasteiger charge is 2.31. The maximum atomic E-state index is 12.3. The molecule has 0 aromatic heterocycles. The molecule has 0 rings (SSSR count). The van der Waals surface area contributed by atoms with E-state index in [0.717, 1.165) is 5.57 Å². The van der Waals surface area contributed by atoms with Crippen LogP contribution in [0.4, 0.5) is 13.2 Å². The van der Waals surface area contributed by atoms with Crippen LogP contribution in [0.3, 0.4) is 0 Å². The van der Waals surface area contributed by atoms with Gasteiger partial charge in [-0.25, -0.2) is 0 Å². The molecule has 3 heteroatoms. The van der Waals surface area contributed by atoms with Crippen LogP contribution in [0.1, 0.15) is 34.1 Å². The summed E-state index contributed by atoms with van der Waals surface area (Å²) in [6.07, 6.45) is -1.44.